The van der Waals surface area contributed by atoms with E-state index in [0.717, 1.165) is 6.42 Å². The minimum Gasteiger partial charge on any atom is -0.464 e. The van der Waals surface area contributed by atoms with E-state index in [1.54, 1.807) is 23.1 Å². The number of ether oxygens (including phenoxy) is 2. The van der Waals surface area contributed by atoms with Gasteiger partial charge in [-0.2, -0.15) is 11.3 Å². The van der Waals surface area contributed by atoms with E-state index >= 15 is 0 Å². The van der Waals surface area contributed by atoms with Crippen LogP contribution in [0.15, 0.2) is 16.8 Å². The molecule has 0 saturated carbocycles. The van der Waals surface area contributed by atoms with Crippen molar-refractivity contribution in [1.29, 1.82) is 0 Å². The summed E-state index contributed by atoms with van der Waals surface area (Å²) in [6.07, 6.45) is 0.837. The Kier molecular flexibility index (Phi) is 4.64. The molecule has 2 heterocycles. The van der Waals surface area contributed by atoms with Crippen LogP contribution in [-0.2, 0) is 29.0 Å². The fourth-order valence-electron chi connectivity index (χ4n) is 1.72. The molecule has 0 N–H and O–H groups in total. The minimum absolute atomic E-state index is 0.217. The second kappa shape index (κ2) is 6.44. The first kappa shape index (κ1) is 13.7. The van der Waals surface area contributed by atoms with Crippen LogP contribution in [0.4, 0.5) is 0 Å². The van der Waals surface area contributed by atoms with Crippen LogP contribution >= 0.6 is 11.3 Å². The van der Waals surface area contributed by atoms with Gasteiger partial charge in [-0.3, -0.25) is 0 Å². The van der Waals surface area contributed by atoms with Gasteiger partial charge < -0.3 is 9.47 Å². The molecular weight excluding hydrogens is 266 g/mol. The summed E-state index contributed by atoms with van der Waals surface area (Å²) in [5.74, 6) is -0.492. The lowest BCUT2D eigenvalue weighted by atomic mass is 10.2. The Morgan fingerprint density at radius 1 is 1.47 bits per heavy atom. The number of thiophene rings is 1. The molecule has 0 saturated heterocycles. The van der Waals surface area contributed by atoms with E-state index < -0.39 is 5.97 Å². The standard InChI is InChI=1S/C12H15N3O3S/c1-17-7-10-11(12(16)18-2)13-14-15(10)5-3-9-4-6-19-8-9/h4,6,8H,3,5,7H2,1-2H3. The monoisotopic (exact) mass is 281 g/mol. The van der Waals surface area contributed by atoms with Gasteiger partial charge in [0.25, 0.3) is 0 Å². The second-order valence-corrected chi connectivity index (χ2v) is 4.69. The molecule has 19 heavy (non-hydrogen) atoms. The normalized spacial score (nSPS) is 10.6. The van der Waals surface area contributed by atoms with E-state index in [9.17, 15) is 4.79 Å². The van der Waals surface area contributed by atoms with Crippen LogP contribution < -0.4 is 0 Å². The van der Waals surface area contributed by atoms with Crippen LogP contribution in [0.25, 0.3) is 0 Å². The first-order valence-corrected chi connectivity index (χ1v) is 6.71. The highest BCUT2D eigenvalue weighted by atomic mass is 32.1. The number of hydrogen-bond acceptors (Lipinski definition) is 6. The van der Waals surface area contributed by atoms with Gasteiger partial charge in [-0.1, -0.05) is 5.21 Å². The van der Waals surface area contributed by atoms with Crippen molar-refractivity contribution in [2.24, 2.45) is 0 Å². The fourth-order valence-corrected chi connectivity index (χ4v) is 2.42. The van der Waals surface area contributed by atoms with Gasteiger partial charge in [0.1, 0.15) is 0 Å². The molecule has 0 spiro atoms. The molecular formula is C12H15N3O3S. The number of rotatable bonds is 6. The van der Waals surface area contributed by atoms with E-state index in [2.05, 4.69) is 26.5 Å². The Balaban J connectivity index is 2.15. The zero-order valence-electron chi connectivity index (χ0n) is 10.8. The third kappa shape index (κ3) is 3.18. The predicted octanol–water partition coefficient (Wildman–Crippen LogP) is 1.52. The minimum atomic E-state index is -0.492. The van der Waals surface area contributed by atoms with E-state index in [0.29, 0.717) is 12.2 Å². The molecule has 0 aliphatic carbocycles. The maximum atomic E-state index is 11.6. The van der Waals surface area contributed by atoms with Gasteiger partial charge in [0.2, 0.25) is 0 Å². The molecule has 0 bridgehead atoms. The topological polar surface area (TPSA) is 66.2 Å². The molecule has 0 amide bonds. The van der Waals surface area contributed by atoms with Crippen LogP contribution in [0, 0.1) is 0 Å². The Hall–Kier alpha value is -1.73. The summed E-state index contributed by atoms with van der Waals surface area (Å²) in [5, 5.41) is 12.0. The number of esters is 1. The van der Waals surface area contributed by atoms with Gasteiger partial charge in [0.15, 0.2) is 5.69 Å². The molecule has 0 radical (unpaired) electrons. The van der Waals surface area contributed by atoms with Crippen molar-refractivity contribution in [3.8, 4) is 0 Å². The predicted molar refractivity (Wildman–Crippen MR) is 70.1 cm³/mol. The number of carbonyl (C=O) groups excluding carboxylic acids is 1. The van der Waals surface area contributed by atoms with Gasteiger partial charge in [-0.25, -0.2) is 9.48 Å². The first-order chi connectivity index (χ1) is 9.26. The molecule has 0 atom stereocenters. The lowest BCUT2D eigenvalue weighted by Crippen LogP contribution is -2.11. The molecule has 2 aromatic heterocycles. The van der Waals surface area contributed by atoms with Gasteiger partial charge >= 0.3 is 5.97 Å². The summed E-state index contributed by atoms with van der Waals surface area (Å²) in [5.41, 5.74) is 2.10. The van der Waals surface area contributed by atoms with Gasteiger partial charge in [0, 0.05) is 13.7 Å². The average Bonchev–Trinajstić information content (AvgIpc) is 3.05. The van der Waals surface area contributed by atoms with Gasteiger partial charge in [-0.15, -0.1) is 5.10 Å². The van der Waals surface area contributed by atoms with Gasteiger partial charge in [-0.05, 0) is 28.8 Å². The van der Waals surface area contributed by atoms with Crippen LogP contribution in [0.2, 0.25) is 0 Å². The fraction of sp³-hybridized carbons (Fsp3) is 0.417. The smallest absolute Gasteiger partial charge is 0.360 e. The van der Waals surface area contributed by atoms with Crippen LogP contribution in [-0.4, -0.2) is 35.2 Å². The lowest BCUT2D eigenvalue weighted by molar-refractivity contribution is 0.0588. The highest BCUT2D eigenvalue weighted by Crippen LogP contribution is 2.12. The largest absolute Gasteiger partial charge is 0.464 e. The third-order valence-corrected chi connectivity index (χ3v) is 3.42. The number of aryl methyl sites for hydroxylation is 2. The maximum absolute atomic E-state index is 11.6. The number of nitrogens with zero attached hydrogens (tertiary/aromatic N) is 3. The first-order valence-electron chi connectivity index (χ1n) is 5.77. The average molecular weight is 281 g/mol. The van der Waals surface area contributed by atoms with Gasteiger partial charge in [0.05, 0.1) is 19.4 Å². The van der Waals surface area contributed by atoms with Crippen molar-refractivity contribution in [2.75, 3.05) is 14.2 Å². The lowest BCUT2D eigenvalue weighted by Gasteiger charge is -2.06. The van der Waals surface area contributed by atoms with E-state index in [1.165, 1.54) is 12.7 Å². The Labute approximate surface area is 115 Å². The number of methoxy groups -OCH3 is 2. The molecule has 6 nitrogen and oxygen atoms in total. The maximum Gasteiger partial charge on any atom is 0.360 e. The molecule has 0 aliphatic rings. The molecule has 7 heteroatoms. The summed E-state index contributed by atoms with van der Waals surface area (Å²) in [6.45, 7) is 0.931. The highest BCUT2D eigenvalue weighted by molar-refractivity contribution is 7.07. The summed E-state index contributed by atoms with van der Waals surface area (Å²) in [6, 6.07) is 2.07. The van der Waals surface area contributed by atoms with Crippen LogP contribution in [0.1, 0.15) is 21.7 Å². The summed E-state index contributed by atoms with van der Waals surface area (Å²) in [7, 11) is 2.89. The number of carbonyl (C=O) groups is 1. The quantitative estimate of drug-likeness (QED) is 0.751. The molecule has 0 aliphatic heterocycles. The second-order valence-electron chi connectivity index (χ2n) is 3.91. The Morgan fingerprint density at radius 3 is 2.95 bits per heavy atom. The van der Waals surface area contributed by atoms with Crippen molar-refractivity contribution in [3.63, 3.8) is 0 Å². The Morgan fingerprint density at radius 2 is 2.32 bits per heavy atom. The number of hydrogen-bond donors (Lipinski definition) is 0. The molecule has 0 unspecified atom stereocenters. The summed E-state index contributed by atoms with van der Waals surface area (Å²) in [4.78, 5) is 11.6. The van der Waals surface area contributed by atoms with Crippen molar-refractivity contribution in [1.82, 2.24) is 15.0 Å². The highest BCUT2D eigenvalue weighted by Gasteiger charge is 2.19. The molecule has 0 aromatic carbocycles. The van der Waals surface area contributed by atoms with Crippen LogP contribution in [0.3, 0.4) is 0 Å². The number of aromatic nitrogens is 3. The molecule has 2 aromatic rings. The van der Waals surface area contributed by atoms with Crippen molar-refractivity contribution < 1.29 is 14.3 Å². The van der Waals surface area contributed by atoms with Crippen molar-refractivity contribution >= 4 is 17.3 Å². The summed E-state index contributed by atoms with van der Waals surface area (Å²) >= 11 is 1.66. The van der Waals surface area contributed by atoms with E-state index in [4.69, 9.17) is 4.74 Å². The zero-order chi connectivity index (χ0) is 13.7. The third-order valence-electron chi connectivity index (χ3n) is 2.69. The van der Waals surface area contributed by atoms with E-state index in [-0.39, 0.29) is 12.3 Å². The van der Waals surface area contributed by atoms with Crippen molar-refractivity contribution in [2.45, 2.75) is 19.6 Å². The van der Waals surface area contributed by atoms with Crippen molar-refractivity contribution in [3.05, 3.63) is 33.8 Å². The molecule has 2 rings (SSSR count). The van der Waals surface area contributed by atoms with Crippen LogP contribution in [0.5, 0.6) is 0 Å². The van der Waals surface area contributed by atoms with E-state index in [1.807, 2.05) is 5.38 Å². The SMILES string of the molecule is COCc1c(C(=O)OC)nnn1CCc1ccsc1. The summed E-state index contributed by atoms with van der Waals surface area (Å²) < 4.78 is 11.5. The zero-order valence-corrected chi connectivity index (χ0v) is 11.6. The molecule has 102 valence electrons. The molecule has 0 fully saturated rings. The Bertz CT molecular complexity index is 536.